The Morgan fingerprint density at radius 3 is 2.50 bits per heavy atom. The van der Waals surface area contributed by atoms with Crippen molar-refractivity contribution in [3.63, 3.8) is 0 Å². The van der Waals surface area contributed by atoms with Crippen molar-refractivity contribution in [3.05, 3.63) is 47.5 Å². The van der Waals surface area contributed by atoms with Crippen molar-refractivity contribution >= 4 is 10.8 Å². The molecule has 0 aliphatic rings. The summed E-state index contributed by atoms with van der Waals surface area (Å²) in [6.07, 6.45) is 6.58. The first-order valence-electron chi connectivity index (χ1n) is 6.79. The number of unbranched alkanes of at least 4 members (excludes halogenated alkanes) is 3. The topological polar surface area (TPSA) is 35.0 Å². The van der Waals surface area contributed by atoms with Gasteiger partial charge in [-0.15, -0.1) is 0 Å². The zero-order valence-electron chi connectivity index (χ0n) is 11.7. The van der Waals surface area contributed by atoms with Gasteiger partial charge in [0, 0.05) is 0 Å². The Morgan fingerprint density at radius 2 is 1.72 bits per heavy atom. The van der Waals surface area contributed by atoms with Gasteiger partial charge < -0.3 is 6.15 Å². The fourth-order valence-electron chi connectivity index (χ4n) is 2.50. The van der Waals surface area contributed by atoms with E-state index in [0.717, 1.165) is 0 Å². The Labute approximate surface area is 111 Å². The smallest absolute Gasteiger partial charge is 0.0152 e. The number of fused-ring (bicyclic) bond motifs is 1. The van der Waals surface area contributed by atoms with Gasteiger partial charge in [0.2, 0.25) is 0 Å². The zero-order valence-corrected chi connectivity index (χ0v) is 11.7. The molecule has 3 N–H and O–H groups in total. The fraction of sp³-hybridized carbons (Fsp3) is 0.412. The third kappa shape index (κ3) is 3.58. The first-order chi connectivity index (χ1) is 8.31. The lowest BCUT2D eigenvalue weighted by molar-refractivity contribution is 0.668. The largest absolute Gasteiger partial charge is 0.344 e. The van der Waals surface area contributed by atoms with E-state index in [2.05, 4.69) is 50.2 Å². The molecule has 0 fully saturated rings. The van der Waals surface area contributed by atoms with Crippen LogP contribution in [0.3, 0.4) is 0 Å². The minimum Gasteiger partial charge on any atom is -0.344 e. The van der Waals surface area contributed by atoms with Crippen molar-refractivity contribution in [2.24, 2.45) is 0 Å². The van der Waals surface area contributed by atoms with Crippen LogP contribution in [0, 0.1) is 6.92 Å². The number of hydrogen-bond donors (Lipinski definition) is 1. The summed E-state index contributed by atoms with van der Waals surface area (Å²) >= 11 is 0. The summed E-state index contributed by atoms with van der Waals surface area (Å²) in [7, 11) is 0. The van der Waals surface area contributed by atoms with Gasteiger partial charge in [-0.2, -0.15) is 0 Å². The Bertz CT molecular complexity index is 488. The van der Waals surface area contributed by atoms with Gasteiger partial charge in [-0.05, 0) is 36.1 Å². The van der Waals surface area contributed by atoms with E-state index in [1.165, 1.54) is 54.0 Å². The lowest BCUT2D eigenvalue weighted by Gasteiger charge is -2.08. The van der Waals surface area contributed by atoms with Crippen LogP contribution in [0.1, 0.15) is 43.7 Å². The molecule has 0 saturated carbocycles. The van der Waals surface area contributed by atoms with Gasteiger partial charge in [-0.1, -0.05) is 68.1 Å². The molecule has 18 heavy (non-hydrogen) atoms. The van der Waals surface area contributed by atoms with Crippen LogP contribution in [0.15, 0.2) is 36.4 Å². The van der Waals surface area contributed by atoms with Crippen molar-refractivity contribution in [2.45, 2.75) is 46.0 Å². The highest BCUT2D eigenvalue weighted by Gasteiger charge is 2.01. The summed E-state index contributed by atoms with van der Waals surface area (Å²) in [5.41, 5.74) is 2.91. The lowest BCUT2D eigenvalue weighted by Crippen LogP contribution is -1.89. The predicted molar refractivity (Wildman–Crippen MR) is 81.6 cm³/mol. The van der Waals surface area contributed by atoms with Crippen LogP contribution >= 0.6 is 0 Å². The fourth-order valence-corrected chi connectivity index (χ4v) is 2.50. The van der Waals surface area contributed by atoms with Crippen molar-refractivity contribution in [1.29, 1.82) is 0 Å². The van der Waals surface area contributed by atoms with Gasteiger partial charge in [0.15, 0.2) is 0 Å². The molecule has 98 valence electrons. The monoisotopic (exact) mass is 243 g/mol. The molecule has 0 spiro atoms. The lowest BCUT2D eigenvalue weighted by atomic mass is 9.97. The minimum absolute atomic E-state index is 0. The van der Waals surface area contributed by atoms with Crippen LogP contribution < -0.4 is 6.15 Å². The van der Waals surface area contributed by atoms with Gasteiger partial charge in [0.1, 0.15) is 0 Å². The average molecular weight is 243 g/mol. The van der Waals surface area contributed by atoms with Gasteiger partial charge in [-0.25, -0.2) is 0 Å². The van der Waals surface area contributed by atoms with Crippen molar-refractivity contribution < 1.29 is 0 Å². The van der Waals surface area contributed by atoms with Gasteiger partial charge in [-0.3, -0.25) is 0 Å². The van der Waals surface area contributed by atoms with E-state index >= 15 is 0 Å². The molecule has 0 amide bonds. The molecular weight excluding hydrogens is 218 g/mol. The van der Waals surface area contributed by atoms with Crippen LogP contribution in [-0.4, -0.2) is 0 Å². The first-order valence-corrected chi connectivity index (χ1v) is 6.79. The van der Waals surface area contributed by atoms with Crippen LogP contribution in [0.25, 0.3) is 10.8 Å². The summed E-state index contributed by atoms with van der Waals surface area (Å²) in [6, 6.07) is 13.4. The molecule has 0 bridgehead atoms. The number of benzene rings is 2. The SMILES string of the molecule is CCCCCCc1cc(C)cc2ccccc12.N. The first kappa shape index (κ1) is 14.7. The van der Waals surface area contributed by atoms with E-state index in [-0.39, 0.29) is 6.15 Å². The van der Waals surface area contributed by atoms with Crippen LogP contribution in [0.2, 0.25) is 0 Å². The Kier molecular flexibility index (Phi) is 5.87. The van der Waals surface area contributed by atoms with E-state index in [1.54, 1.807) is 0 Å². The van der Waals surface area contributed by atoms with Crippen molar-refractivity contribution in [2.75, 3.05) is 0 Å². The third-order valence-electron chi connectivity index (χ3n) is 3.39. The van der Waals surface area contributed by atoms with Gasteiger partial charge in [0.25, 0.3) is 0 Å². The third-order valence-corrected chi connectivity index (χ3v) is 3.39. The zero-order chi connectivity index (χ0) is 12.1. The van der Waals surface area contributed by atoms with Crippen LogP contribution in [0.5, 0.6) is 0 Å². The molecule has 2 aromatic carbocycles. The molecule has 0 atom stereocenters. The normalized spacial score (nSPS) is 10.3. The molecular formula is C17H25N. The molecule has 1 heteroatoms. The molecule has 2 aromatic rings. The highest BCUT2D eigenvalue weighted by Crippen LogP contribution is 2.22. The average Bonchev–Trinajstić information content (AvgIpc) is 2.34. The van der Waals surface area contributed by atoms with E-state index < -0.39 is 0 Å². The van der Waals surface area contributed by atoms with Crippen molar-refractivity contribution in [3.8, 4) is 0 Å². The second kappa shape index (κ2) is 7.17. The molecule has 2 rings (SSSR count). The van der Waals surface area contributed by atoms with Gasteiger partial charge in [0.05, 0.1) is 0 Å². The standard InChI is InChI=1S/C17H22.H3N/c1-3-4-5-6-9-15-12-14(2)13-16-10-7-8-11-17(15)16;/h7-8,10-13H,3-6,9H2,1-2H3;1H3. The van der Waals surface area contributed by atoms with Crippen LogP contribution in [0.4, 0.5) is 0 Å². The highest BCUT2D eigenvalue weighted by atomic mass is 14.1. The Hall–Kier alpha value is -1.34. The summed E-state index contributed by atoms with van der Waals surface area (Å²) in [5.74, 6) is 0. The molecule has 0 aliphatic carbocycles. The second-order valence-electron chi connectivity index (χ2n) is 4.96. The summed E-state index contributed by atoms with van der Waals surface area (Å²) < 4.78 is 0. The Balaban J connectivity index is 0.00000162. The molecule has 0 aliphatic heterocycles. The van der Waals surface area contributed by atoms with E-state index in [4.69, 9.17) is 0 Å². The molecule has 0 aromatic heterocycles. The predicted octanol–water partition coefficient (Wildman–Crippen LogP) is 5.43. The number of hydrogen-bond acceptors (Lipinski definition) is 1. The highest BCUT2D eigenvalue weighted by molar-refractivity contribution is 5.86. The summed E-state index contributed by atoms with van der Waals surface area (Å²) in [5, 5.41) is 2.83. The van der Waals surface area contributed by atoms with E-state index in [9.17, 15) is 0 Å². The summed E-state index contributed by atoms with van der Waals surface area (Å²) in [6.45, 7) is 4.46. The quantitative estimate of drug-likeness (QED) is 0.698. The molecule has 0 heterocycles. The second-order valence-corrected chi connectivity index (χ2v) is 4.96. The molecule has 0 radical (unpaired) electrons. The molecule has 0 saturated heterocycles. The van der Waals surface area contributed by atoms with Crippen molar-refractivity contribution in [1.82, 2.24) is 6.15 Å². The minimum atomic E-state index is 0. The maximum absolute atomic E-state index is 2.36. The summed E-state index contributed by atoms with van der Waals surface area (Å²) in [4.78, 5) is 0. The number of aryl methyl sites for hydroxylation is 2. The molecule has 1 nitrogen and oxygen atoms in total. The van der Waals surface area contributed by atoms with E-state index in [1.807, 2.05) is 0 Å². The van der Waals surface area contributed by atoms with Crippen LogP contribution in [-0.2, 0) is 6.42 Å². The maximum Gasteiger partial charge on any atom is -0.0152 e. The number of rotatable bonds is 5. The molecule has 0 unspecified atom stereocenters. The van der Waals surface area contributed by atoms with Gasteiger partial charge >= 0.3 is 0 Å². The maximum atomic E-state index is 2.36. The van der Waals surface area contributed by atoms with E-state index in [0.29, 0.717) is 0 Å². The Morgan fingerprint density at radius 1 is 0.944 bits per heavy atom.